The minimum absolute atomic E-state index is 0.0634. The predicted octanol–water partition coefficient (Wildman–Crippen LogP) is 2.42. The molecule has 0 radical (unpaired) electrons. The molecule has 3 heterocycles. The Hall–Kier alpha value is -5.61. The fourth-order valence-electron chi connectivity index (χ4n) is 5.54. The Balaban J connectivity index is 1.31. The number of amides is 1. The number of nitrogens with two attached hydrogens (primary N) is 1. The van der Waals surface area contributed by atoms with Crippen LogP contribution in [0.15, 0.2) is 73.1 Å². The number of hydrogen-bond donors (Lipinski definition) is 6. The standard InChI is InChI=1S/C35H40N7O12P/c1-20(2)52-33(47)21(3)41-55(49,51-18-35(17-36)30(44)28(43)29(53-35)26-13-14-27-31(37)38-19-39-42(26)27)54-24-11-9-22(10-12-24)15-25(32(45)46)40-34(48)50-16-23-7-5-4-6-8-23/h4-14,19-21,25,28-30,43-44H,15-16,18H2,1-3H3,(H,40,48)(H,41,49)(H,45,46)(H2,37,38,39)/t21-,25-,28-,29-,30-,35+,55?/m0/s1. The maximum Gasteiger partial charge on any atom is 0.459 e. The summed E-state index contributed by atoms with van der Waals surface area (Å²) in [6, 6.07) is 16.6. The Labute approximate surface area is 314 Å². The van der Waals surface area contributed by atoms with Crippen molar-refractivity contribution in [3.63, 3.8) is 0 Å². The van der Waals surface area contributed by atoms with Crippen LogP contribution in [0.25, 0.3) is 5.52 Å². The van der Waals surface area contributed by atoms with Crippen molar-refractivity contribution in [1.29, 1.82) is 5.26 Å². The SMILES string of the molecule is CC(C)OC(=O)[C@H](C)NP(=O)(OC[C@@]1(C#N)O[C@@H](c2ccc3c(N)ncnn23)[C@H](O)[C@@H]1O)Oc1ccc(C[C@H](NC(=O)OCc2ccccc2)C(=O)O)cc1. The molecule has 1 saturated heterocycles. The lowest BCUT2D eigenvalue weighted by Gasteiger charge is -2.28. The number of carbonyl (C=O) groups excluding carboxylic acids is 2. The molecule has 20 heteroatoms. The zero-order chi connectivity index (χ0) is 39.9. The molecule has 1 amide bonds. The molecule has 292 valence electrons. The molecule has 1 fully saturated rings. The number of nitriles is 1. The lowest BCUT2D eigenvalue weighted by molar-refractivity contribution is -0.149. The van der Waals surface area contributed by atoms with E-state index in [1.807, 2.05) is 0 Å². The lowest BCUT2D eigenvalue weighted by atomic mass is 9.96. The zero-order valence-corrected chi connectivity index (χ0v) is 30.7. The number of nitrogens with zero attached hydrogens (tertiary/aromatic N) is 4. The number of carboxylic acid groups (broad SMARTS) is 1. The first-order valence-corrected chi connectivity index (χ1v) is 18.4. The number of rotatable bonds is 16. The van der Waals surface area contributed by atoms with Crippen LogP contribution in [0.5, 0.6) is 5.75 Å². The van der Waals surface area contributed by atoms with Crippen molar-refractivity contribution in [2.24, 2.45) is 0 Å². The Morgan fingerprint density at radius 3 is 2.44 bits per heavy atom. The first-order valence-electron chi connectivity index (χ1n) is 16.9. The van der Waals surface area contributed by atoms with Crippen molar-refractivity contribution in [2.75, 3.05) is 12.3 Å². The van der Waals surface area contributed by atoms with Gasteiger partial charge in [-0.2, -0.15) is 15.4 Å². The molecule has 5 rings (SSSR count). The number of nitrogen functional groups attached to an aromatic ring is 1. The van der Waals surface area contributed by atoms with Crippen LogP contribution in [0.4, 0.5) is 10.6 Å². The number of fused-ring (bicyclic) bond motifs is 1. The van der Waals surface area contributed by atoms with E-state index in [9.17, 15) is 39.5 Å². The number of aromatic nitrogens is 3. The maximum atomic E-state index is 14.3. The predicted molar refractivity (Wildman–Crippen MR) is 191 cm³/mol. The quantitative estimate of drug-likeness (QED) is 0.0703. The van der Waals surface area contributed by atoms with Crippen LogP contribution in [0.2, 0.25) is 0 Å². The molecule has 0 spiro atoms. The average molecular weight is 782 g/mol. The summed E-state index contributed by atoms with van der Waals surface area (Å²) in [5, 5.41) is 51.0. The summed E-state index contributed by atoms with van der Waals surface area (Å²) in [7, 11) is -4.67. The minimum atomic E-state index is -4.67. The summed E-state index contributed by atoms with van der Waals surface area (Å²) in [6.07, 6.45) is -5.36. The fraction of sp³-hybridized carbons (Fsp3) is 0.371. The van der Waals surface area contributed by atoms with Gasteiger partial charge in [-0.15, -0.1) is 0 Å². The van der Waals surface area contributed by atoms with Crippen molar-refractivity contribution in [3.05, 3.63) is 89.9 Å². The van der Waals surface area contributed by atoms with Crippen molar-refractivity contribution in [2.45, 2.75) is 75.9 Å². The smallest absolute Gasteiger partial charge is 0.459 e. The normalized spacial score (nSPS) is 21.6. The topological polar surface area (TPSA) is 279 Å². The molecular formula is C35H40N7O12P. The van der Waals surface area contributed by atoms with E-state index in [0.717, 1.165) is 0 Å². The Kier molecular flexibility index (Phi) is 12.7. The van der Waals surface area contributed by atoms with Crippen LogP contribution in [0.1, 0.15) is 43.7 Å². The van der Waals surface area contributed by atoms with Gasteiger partial charge in [-0.3, -0.25) is 9.32 Å². The summed E-state index contributed by atoms with van der Waals surface area (Å²) in [5.74, 6) is -2.08. The van der Waals surface area contributed by atoms with E-state index in [2.05, 4.69) is 20.5 Å². The maximum absolute atomic E-state index is 14.3. The fourth-order valence-corrected chi connectivity index (χ4v) is 7.06. The van der Waals surface area contributed by atoms with Gasteiger partial charge in [-0.1, -0.05) is 42.5 Å². The molecule has 0 bridgehead atoms. The number of anilines is 1. The van der Waals surface area contributed by atoms with Gasteiger partial charge in [-0.05, 0) is 56.2 Å². The number of carboxylic acids is 1. The number of nitrogens with one attached hydrogen (secondary N) is 2. The van der Waals surface area contributed by atoms with E-state index < -0.39 is 74.5 Å². The van der Waals surface area contributed by atoms with Crippen LogP contribution >= 0.6 is 7.75 Å². The highest BCUT2D eigenvalue weighted by atomic mass is 31.2. The molecule has 1 unspecified atom stereocenters. The molecule has 7 N–H and O–H groups in total. The van der Waals surface area contributed by atoms with Crippen LogP contribution in [0.3, 0.4) is 0 Å². The first-order chi connectivity index (χ1) is 26.1. The van der Waals surface area contributed by atoms with Crippen LogP contribution in [-0.2, 0) is 45.9 Å². The van der Waals surface area contributed by atoms with Gasteiger partial charge in [0.2, 0.25) is 5.60 Å². The molecule has 1 aliphatic heterocycles. The van der Waals surface area contributed by atoms with Gasteiger partial charge in [0.25, 0.3) is 0 Å². The van der Waals surface area contributed by atoms with Gasteiger partial charge < -0.3 is 45.1 Å². The highest BCUT2D eigenvalue weighted by molar-refractivity contribution is 7.52. The highest BCUT2D eigenvalue weighted by Crippen LogP contribution is 2.48. The van der Waals surface area contributed by atoms with Gasteiger partial charge in [-0.25, -0.2) is 23.7 Å². The van der Waals surface area contributed by atoms with Crippen molar-refractivity contribution < 1.29 is 57.5 Å². The number of carbonyl (C=O) groups is 3. The van der Waals surface area contributed by atoms with Gasteiger partial charge in [0.15, 0.2) is 5.82 Å². The van der Waals surface area contributed by atoms with Gasteiger partial charge in [0.05, 0.1) is 11.8 Å². The molecule has 0 saturated carbocycles. The second-order valence-electron chi connectivity index (χ2n) is 12.8. The van der Waals surface area contributed by atoms with E-state index >= 15 is 0 Å². The van der Waals surface area contributed by atoms with E-state index in [0.29, 0.717) is 16.6 Å². The van der Waals surface area contributed by atoms with Gasteiger partial charge >= 0.3 is 25.8 Å². The minimum Gasteiger partial charge on any atom is -0.480 e. The van der Waals surface area contributed by atoms with E-state index in [4.69, 9.17) is 29.0 Å². The monoisotopic (exact) mass is 781 g/mol. The zero-order valence-electron chi connectivity index (χ0n) is 29.8. The van der Waals surface area contributed by atoms with Crippen LogP contribution < -0.4 is 20.7 Å². The number of alkyl carbamates (subject to hydrolysis) is 1. The summed E-state index contributed by atoms with van der Waals surface area (Å²) in [5.41, 5.74) is 5.35. The number of aliphatic carboxylic acids is 1. The number of esters is 1. The Morgan fingerprint density at radius 1 is 1.07 bits per heavy atom. The van der Waals surface area contributed by atoms with Gasteiger partial charge in [0, 0.05) is 6.42 Å². The third kappa shape index (κ3) is 9.74. The summed E-state index contributed by atoms with van der Waals surface area (Å²) in [6.45, 7) is 3.57. The number of ether oxygens (including phenoxy) is 3. The van der Waals surface area contributed by atoms with Gasteiger partial charge in [0.1, 0.15) is 67.3 Å². The van der Waals surface area contributed by atoms with E-state index in [1.54, 1.807) is 56.3 Å². The molecule has 19 nitrogen and oxygen atoms in total. The molecule has 7 atom stereocenters. The highest BCUT2D eigenvalue weighted by Gasteiger charge is 2.57. The number of aliphatic hydroxyl groups is 2. The summed E-state index contributed by atoms with van der Waals surface area (Å²) >= 11 is 0. The number of hydrogen-bond acceptors (Lipinski definition) is 15. The number of aliphatic hydroxyl groups excluding tert-OH is 2. The lowest BCUT2D eigenvalue weighted by Crippen LogP contribution is -2.46. The Bertz CT molecular complexity index is 2080. The molecule has 2 aromatic carbocycles. The molecular weight excluding hydrogens is 741 g/mol. The van der Waals surface area contributed by atoms with Crippen LogP contribution in [0, 0.1) is 11.3 Å². The van der Waals surface area contributed by atoms with Crippen LogP contribution in [-0.4, -0.2) is 90.6 Å². The second kappa shape index (κ2) is 17.2. The third-order valence-electron chi connectivity index (χ3n) is 8.34. The molecule has 0 aliphatic carbocycles. The molecule has 55 heavy (non-hydrogen) atoms. The van der Waals surface area contributed by atoms with E-state index in [1.165, 1.54) is 48.1 Å². The van der Waals surface area contributed by atoms with Crippen molar-refractivity contribution in [3.8, 4) is 11.8 Å². The summed E-state index contributed by atoms with van der Waals surface area (Å²) < 4.78 is 43.3. The molecule has 1 aliphatic rings. The van der Waals surface area contributed by atoms with Crippen molar-refractivity contribution >= 4 is 37.1 Å². The molecule has 2 aromatic heterocycles. The average Bonchev–Trinajstić information content (AvgIpc) is 3.69. The number of benzene rings is 2. The second-order valence-corrected chi connectivity index (χ2v) is 14.5. The van der Waals surface area contributed by atoms with Crippen molar-refractivity contribution in [1.82, 2.24) is 25.0 Å². The third-order valence-corrected chi connectivity index (χ3v) is 9.96. The Morgan fingerprint density at radius 2 is 1.78 bits per heavy atom. The van der Waals surface area contributed by atoms with E-state index in [-0.39, 0.29) is 30.3 Å². The molecule has 4 aromatic rings. The first kappa shape index (κ1) is 40.6. The largest absolute Gasteiger partial charge is 0.480 e. The summed E-state index contributed by atoms with van der Waals surface area (Å²) in [4.78, 5) is 40.9.